The topological polar surface area (TPSA) is 45.1 Å². The van der Waals surface area contributed by atoms with Crippen LogP contribution in [0.3, 0.4) is 0 Å². The number of nitrogens with zero attached hydrogens (tertiary/aromatic N) is 1. The predicted octanol–water partition coefficient (Wildman–Crippen LogP) is 4.02. The van der Waals surface area contributed by atoms with Gasteiger partial charge in [0.25, 0.3) is 0 Å². The molecular formula is C21H25ClN2O. The summed E-state index contributed by atoms with van der Waals surface area (Å²) in [6, 6.07) is 10.3. The highest BCUT2D eigenvalue weighted by Gasteiger charge is 2.22. The molecule has 3 nitrogen and oxygen atoms in total. The van der Waals surface area contributed by atoms with Gasteiger partial charge in [-0.05, 0) is 73.7 Å². The van der Waals surface area contributed by atoms with Crippen LogP contribution < -0.4 is 5.32 Å². The van der Waals surface area contributed by atoms with Crippen LogP contribution in [-0.2, 0) is 12.8 Å². The Bertz CT molecular complexity index is 770. The van der Waals surface area contributed by atoms with Gasteiger partial charge in [0.2, 0.25) is 0 Å². The maximum Gasteiger partial charge on any atom is 0.0739 e. The Kier molecular flexibility index (Phi) is 6.24. The Morgan fingerprint density at radius 1 is 1.20 bits per heavy atom. The van der Waals surface area contributed by atoms with Gasteiger partial charge in [0.05, 0.1) is 5.69 Å². The number of benzene rings is 1. The highest BCUT2D eigenvalue weighted by Crippen LogP contribution is 2.37. The SMILES string of the molecule is CCNCC/C(CCO)=C1/c2ccc(Cl)cc2CCc2cccnc21. The fraction of sp³-hybridized carbons (Fsp3) is 0.381. The lowest BCUT2D eigenvalue weighted by Gasteiger charge is -2.18. The van der Waals surface area contributed by atoms with Gasteiger partial charge in [-0.3, -0.25) is 4.98 Å². The smallest absolute Gasteiger partial charge is 0.0739 e. The van der Waals surface area contributed by atoms with Gasteiger partial charge in [0.15, 0.2) is 0 Å². The Morgan fingerprint density at radius 2 is 2.04 bits per heavy atom. The van der Waals surface area contributed by atoms with Crippen LogP contribution in [0.5, 0.6) is 0 Å². The molecule has 0 bridgehead atoms. The van der Waals surface area contributed by atoms with Crippen LogP contribution in [0.4, 0.5) is 0 Å². The fourth-order valence-electron chi connectivity index (χ4n) is 3.56. The summed E-state index contributed by atoms with van der Waals surface area (Å²) in [4.78, 5) is 4.72. The van der Waals surface area contributed by atoms with Crippen LogP contribution in [0.2, 0.25) is 5.02 Å². The van der Waals surface area contributed by atoms with E-state index >= 15 is 0 Å². The molecule has 2 N–H and O–H groups in total. The summed E-state index contributed by atoms with van der Waals surface area (Å²) >= 11 is 6.25. The molecule has 1 aromatic heterocycles. The standard InChI is InChI=1S/C21H25ClN2O/c1-2-23-12-9-15(10-13-25)20-19-8-7-18(22)14-17(19)6-5-16-4-3-11-24-21(16)20/h3-4,7-8,11,14,23,25H,2,5-6,9-10,12-13H2,1H3/b20-15+. The summed E-state index contributed by atoms with van der Waals surface area (Å²) in [5, 5.41) is 13.8. The molecule has 1 aromatic carbocycles. The summed E-state index contributed by atoms with van der Waals surface area (Å²) in [6.45, 7) is 4.11. The molecule has 0 saturated carbocycles. The minimum absolute atomic E-state index is 0.149. The molecule has 1 heterocycles. The second-order valence-corrected chi connectivity index (χ2v) is 6.80. The lowest BCUT2D eigenvalue weighted by molar-refractivity contribution is 0.298. The third-order valence-corrected chi connectivity index (χ3v) is 4.98. The number of nitrogens with one attached hydrogen (secondary N) is 1. The third kappa shape index (κ3) is 4.12. The van der Waals surface area contributed by atoms with Crippen molar-refractivity contribution >= 4 is 17.2 Å². The van der Waals surface area contributed by atoms with Gasteiger partial charge in [0.1, 0.15) is 0 Å². The highest BCUT2D eigenvalue weighted by atomic mass is 35.5. The maximum atomic E-state index is 9.64. The lowest BCUT2D eigenvalue weighted by Crippen LogP contribution is -2.15. The maximum absolute atomic E-state index is 9.64. The number of hydrogen-bond acceptors (Lipinski definition) is 3. The van der Waals surface area contributed by atoms with Crippen molar-refractivity contribution in [1.82, 2.24) is 10.3 Å². The number of rotatable bonds is 6. The average Bonchev–Trinajstić information content (AvgIpc) is 2.78. The molecule has 3 rings (SSSR count). The minimum Gasteiger partial charge on any atom is -0.396 e. The van der Waals surface area contributed by atoms with Crippen molar-refractivity contribution in [3.8, 4) is 0 Å². The number of pyridine rings is 1. The molecule has 0 saturated heterocycles. The largest absolute Gasteiger partial charge is 0.396 e. The summed E-state index contributed by atoms with van der Waals surface area (Å²) in [7, 11) is 0. The lowest BCUT2D eigenvalue weighted by atomic mass is 9.90. The van der Waals surface area contributed by atoms with Gasteiger partial charge >= 0.3 is 0 Å². The Hall–Kier alpha value is -1.68. The summed E-state index contributed by atoms with van der Waals surface area (Å²) in [6.07, 6.45) is 5.35. The molecule has 1 aliphatic carbocycles. The van der Waals surface area contributed by atoms with Crippen molar-refractivity contribution in [1.29, 1.82) is 0 Å². The molecule has 0 fully saturated rings. The first-order valence-electron chi connectivity index (χ1n) is 9.01. The number of halogens is 1. The van der Waals surface area contributed by atoms with Crippen molar-refractivity contribution in [2.24, 2.45) is 0 Å². The van der Waals surface area contributed by atoms with Crippen LogP contribution in [0, 0.1) is 0 Å². The van der Waals surface area contributed by atoms with E-state index in [2.05, 4.69) is 30.4 Å². The molecule has 25 heavy (non-hydrogen) atoms. The molecule has 132 valence electrons. The van der Waals surface area contributed by atoms with Crippen LogP contribution in [0.1, 0.15) is 42.1 Å². The van der Waals surface area contributed by atoms with Gasteiger partial charge in [-0.25, -0.2) is 0 Å². The van der Waals surface area contributed by atoms with Gasteiger partial charge in [0, 0.05) is 23.4 Å². The van der Waals surface area contributed by atoms with E-state index in [1.807, 2.05) is 18.3 Å². The normalized spacial score (nSPS) is 15.3. The molecule has 0 spiro atoms. The molecule has 2 aromatic rings. The second kappa shape index (κ2) is 8.61. The highest BCUT2D eigenvalue weighted by molar-refractivity contribution is 6.30. The zero-order valence-corrected chi connectivity index (χ0v) is 15.4. The Labute approximate surface area is 154 Å². The van der Waals surface area contributed by atoms with E-state index in [9.17, 15) is 5.11 Å². The van der Waals surface area contributed by atoms with Crippen molar-refractivity contribution in [3.63, 3.8) is 0 Å². The van der Waals surface area contributed by atoms with Crippen molar-refractivity contribution < 1.29 is 5.11 Å². The minimum atomic E-state index is 0.149. The van der Waals surface area contributed by atoms with Crippen molar-refractivity contribution in [3.05, 3.63) is 69.5 Å². The molecule has 4 heteroatoms. The monoisotopic (exact) mass is 356 g/mol. The van der Waals surface area contributed by atoms with Crippen LogP contribution >= 0.6 is 11.6 Å². The molecule has 0 radical (unpaired) electrons. The van der Waals surface area contributed by atoms with E-state index in [-0.39, 0.29) is 6.61 Å². The number of aromatic nitrogens is 1. The van der Waals surface area contributed by atoms with Gasteiger partial charge in [-0.2, -0.15) is 0 Å². The van der Waals surface area contributed by atoms with Crippen molar-refractivity contribution in [2.75, 3.05) is 19.7 Å². The fourth-order valence-corrected chi connectivity index (χ4v) is 3.75. The van der Waals surface area contributed by atoms with E-state index in [0.29, 0.717) is 6.42 Å². The van der Waals surface area contributed by atoms with Crippen molar-refractivity contribution in [2.45, 2.75) is 32.6 Å². The first kappa shape index (κ1) is 18.1. The predicted molar refractivity (Wildman–Crippen MR) is 104 cm³/mol. The second-order valence-electron chi connectivity index (χ2n) is 6.37. The quantitative estimate of drug-likeness (QED) is 0.768. The summed E-state index contributed by atoms with van der Waals surface area (Å²) in [5.74, 6) is 0. The average molecular weight is 357 g/mol. The van der Waals surface area contributed by atoms with Gasteiger partial charge < -0.3 is 10.4 Å². The van der Waals surface area contributed by atoms with Crippen LogP contribution in [0.25, 0.3) is 5.57 Å². The van der Waals surface area contributed by atoms with E-state index in [1.165, 1.54) is 27.8 Å². The summed E-state index contributed by atoms with van der Waals surface area (Å²) < 4.78 is 0. The number of fused-ring (bicyclic) bond motifs is 2. The molecule has 0 unspecified atom stereocenters. The summed E-state index contributed by atoms with van der Waals surface area (Å²) in [5.41, 5.74) is 7.24. The number of hydrogen-bond donors (Lipinski definition) is 2. The molecule has 1 aliphatic rings. The van der Waals surface area contributed by atoms with Gasteiger partial charge in [-0.1, -0.05) is 36.2 Å². The number of aliphatic hydroxyl groups is 1. The Morgan fingerprint density at radius 3 is 2.84 bits per heavy atom. The first-order valence-corrected chi connectivity index (χ1v) is 9.39. The first-order chi connectivity index (χ1) is 12.2. The van der Waals surface area contributed by atoms with E-state index in [4.69, 9.17) is 16.6 Å². The van der Waals surface area contributed by atoms with Crippen LogP contribution in [-0.4, -0.2) is 29.8 Å². The molecular weight excluding hydrogens is 332 g/mol. The zero-order chi connectivity index (χ0) is 17.6. The third-order valence-electron chi connectivity index (χ3n) is 4.75. The Balaban J connectivity index is 2.18. The number of aryl methyl sites for hydroxylation is 2. The van der Waals surface area contributed by atoms with E-state index in [0.717, 1.165) is 43.1 Å². The van der Waals surface area contributed by atoms with E-state index < -0.39 is 0 Å². The van der Waals surface area contributed by atoms with E-state index in [1.54, 1.807) is 0 Å². The number of aliphatic hydroxyl groups excluding tert-OH is 1. The molecule has 0 aliphatic heterocycles. The molecule has 0 atom stereocenters. The molecule has 0 amide bonds. The zero-order valence-electron chi connectivity index (χ0n) is 14.7. The van der Waals surface area contributed by atoms with Gasteiger partial charge in [-0.15, -0.1) is 0 Å². The van der Waals surface area contributed by atoms with Crippen LogP contribution in [0.15, 0.2) is 42.1 Å².